The Bertz CT molecular complexity index is 804. The number of hydrogen-bond donors (Lipinski definition) is 0. The molecule has 138 valence electrons. The summed E-state index contributed by atoms with van der Waals surface area (Å²) in [6.45, 7) is 6.83. The lowest BCUT2D eigenvalue weighted by Crippen LogP contribution is -2.09. The molecule has 0 bridgehead atoms. The van der Waals surface area contributed by atoms with E-state index in [1.165, 1.54) is 13.3 Å². The first-order chi connectivity index (χ1) is 12.5. The smallest absolute Gasteiger partial charge is 0.337 e. The Kier molecular flexibility index (Phi) is 6.72. The number of aryl methyl sites for hydroxylation is 1. The van der Waals surface area contributed by atoms with Crippen LogP contribution in [0, 0.1) is 13.8 Å². The molecule has 0 spiro atoms. The van der Waals surface area contributed by atoms with Crippen LogP contribution in [0.1, 0.15) is 51.0 Å². The number of hydrogen-bond acceptors (Lipinski definition) is 5. The molecule has 0 N–H and O–H groups in total. The maximum Gasteiger partial charge on any atom is 0.337 e. The highest BCUT2D eigenvalue weighted by atomic mass is 16.6. The van der Waals surface area contributed by atoms with Crippen LogP contribution in [0.25, 0.3) is 0 Å². The first-order valence-electron chi connectivity index (χ1n) is 8.51. The van der Waals surface area contributed by atoms with Crippen molar-refractivity contribution in [3.05, 3.63) is 58.4 Å². The number of ether oxygens (including phenoxy) is 1. The van der Waals surface area contributed by atoms with Gasteiger partial charge < -0.3 is 14.1 Å². The molecule has 0 unspecified atom stereocenters. The molecule has 0 amide bonds. The number of esters is 1. The normalized spacial score (nSPS) is 10.9. The van der Waals surface area contributed by atoms with Crippen LogP contribution in [-0.2, 0) is 16.1 Å². The molecule has 6 nitrogen and oxygen atoms in total. The van der Waals surface area contributed by atoms with Gasteiger partial charge in [-0.1, -0.05) is 24.2 Å². The number of methoxy groups -OCH3 is 1. The van der Waals surface area contributed by atoms with Crippen LogP contribution in [0.2, 0.25) is 0 Å². The van der Waals surface area contributed by atoms with E-state index in [0.29, 0.717) is 11.1 Å². The van der Waals surface area contributed by atoms with E-state index in [2.05, 4.69) is 21.4 Å². The van der Waals surface area contributed by atoms with E-state index < -0.39 is 5.97 Å². The van der Waals surface area contributed by atoms with Gasteiger partial charge in [0.1, 0.15) is 0 Å². The van der Waals surface area contributed by atoms with Crippen LogP contribution in [-0.4, -0.2) is 36.3 Å². The number of ketones is 1. The molecule has 6 heteroatoms. The maximum absolute atomic E-state index is 12.3. The van der Waals surface area contributed by atoms with E-state index in [1.54, 1.807) is 24.3 Å². The average Bonchev–Trinajstić information content (AvgIpc) is 2.93. The van der Waals surface area contributed by atoms with Gasteiger partial charge in [0.05, 0.1) is 18.9 Å². The van der Waals surface area contributed by atoms with Gasteiger partial charge in [0.2, 0.25) is 5.78 Å². The zero-order valence-electron chi connectivity index (χ0n) is 15.6. The van der Waals surface area contributed by atoms with E-state index in [-0.39, 0.29) is 12.4 Å². The van der Waals surface area contributed by atoms with Crippen molar-refractivity contribution in [3.8, 4) is 0 Å². The maximum atomic E-state index is 12.3. The summed E-state index contributed by atoms with van der Waals surface area (Å²) in [6, 6.07) is 8.62. The Hall–Kier alpha value is -2.89. The van der Waals surface area contributed by atoms with E-state index in [0.717, 1.165) is 29.9 Å². The number of Topliss-reactive ketones (excluding diaryl/α,β-unsaturated/α-hetero) is 1. The van der Waals surface area contributed by atoms with Gasteiger partial charge in [0.25, 0.3) is 0 Å². The predicted molar refractivity (Wildman–Crippen MR) is 99.9 cm³/mol. The van der Waals surface area contributed by atoms with Gasteiger partial charge in [0, 0.05) is 23.5 Å². The fourth-order valence-electron chi connectivity index (χ4n) is 2.75. The number of aromatic nitrogens is 1. The van der Waals surface area contributed by atoms with Gasteiger partial charge in [-0.3, -0.25) is 4.79 Å². The number of oxime groups is 1. The molecule has 2 aromatic rings. The molecule has 26 heavy (non-hydrogen) atoms. The third-order valence-corrected chi connectivity index (χ3v) is 4.13. The largest absolute Gasteiger partial charge is 0.465 e. The predicted octanol–water partition coefficient (Wildman–Crippen LogP) is 3.53. The van der Waals surface area contributed by atoms with Crippen molar-refractivity contribution in [2.45, 2.75) is 33.7 Å². The minimum absolute atomic E-state index is 0.0985. The van der Waals surface area contributed by atoms with E-state index in [1.807, 2.05) is 19.9 Å². The summed E-state index contributed by atoms with van der Waals surface area (Å²) in [4.78, 5) is 28.8. The van der Waals surface area contributed by atoms with E-state index in [4.69, 9.17) is 4.84 Å². The van der Waals surface area contributed by atoms with Crippen LogP contribution in [0.15, 0.2) is 35.5 Å². The number of nitrogens with zero attached hydrogens (tertiary/aromatic N) is 2. The molecule has 1 aromatic carbocycles. The highest BCUT2D eigenvalue weighted by Crippen LogP contribution is 2.16. The lowest BCUT2D eigenvalue weighted by atomic mass is 10.1. The topological polar surface area (TPSA) is 69.9 Å². The zero-order valence-corrected chi connectivity index (χ0v) is 15.6. The van der Waals surface area contributed by atoms with Crippen LogP contribution < -0.4 is 0 Å². The Balaban J connectivity index is 1.93. The Labute approximate surface area is 153 Å². The summed E-state index contributed by atoms with van der Waals surface area (Å²) in [7, 11) is 1.34. The number of carbonyl (C=O) groups is 2. The fraction of sp³-hybridized carbons (Fsp3) is 0.350. The van der Waals surface area contributed by atoms with Crippen molar-refractivity contribution in [1.82, 2.24) is 4.57 Å². The highest BCUT2D eigenvalue weighted by molar-refractivity contribution is 5.98. The van der Waals surface area contributed by atoms with Gasteiger partial charge in [-0.05, 0) is 44.0 Å². The third-order valence-electron chi connectivity index (χ3n) is 4.13. The van der Waals surface area contributed by atoms with Crippen molar-refractivity contribution < 1.29 is 19.2 Å². The summed E-state index contributed by atoms with van der Waals surface area (Å²) in [5.41, 5.74) is 3.92. The van der Waals surface area contributed by atoms with E-state index in [9.17, 15) is 9.59 Å². The Morgan fingerprint density at radius 3 is 2.50 bits per heavy atom. The molecule has 0 radical (unpaired) electrons. The number of carbonyl (C=O) groups excluding carboxylic acids is 2. The van der Waals surface area contributed by atoms with E-state index >= 15 is 0 Å². The fourth-order valence-corrected chi connectivity index (χ4v) is 2.75. The average molecular weight is 356 g/mol. The molecule has 0 fully saturated rings. The molecule has 0 atom stereocenters. The summed E-state index contributed by atoms with van der Waals surface area (Å²) in [6.07, 6.45) is 2.51. The molecule has 1 heterocycles. The summed E-state index contributed by atoms with van der Waals surface area (Å²) < 4.78 is 6.78. The quantitative estimate of drug-likeness (QED) is 0.314. The second kappa shape index (κ2) is 8.99. The zero-order chi connectivity index (χ0) is 19.1. The minimum Gasteiger partial charge on any atom is -0.465 e. The first-order valence-corrected chi connectivity index (χ1v) is 8.51. The molecule has 0 aliphatic heterocycles. The second-order valence-corrected chi connectivity index (χ2v) is 5.98. The lowest BCUT2D eigenvalue weighted by molar-refractivity contribution is 0.0600. The second-order valence-electron chi connectivity index (χ2n) is 5.98. The molecule has 1 aromatic heterocycles. The molecule has 0 saturated carbocycles. The van der Waals surface area contributed by atoms with Gasteiger partial charge in [0.15, 0.2) is 6.61 Å². The molecule has 0 aliphatic rings. The molecule has 0 aliphatic carbocycles. The standard InChI is InChI=1S/C20H24N2O4/c1-5-10-22-14(2)11-18(15(22)3)19(23)13-26-21-12-16-6-8-17(9-7-16)20(24)25-4/h6-9,11-12H,5,10,13H2,1-4H3/b21-12+. The molecule has 2 rings (SSSR count). The summed E-state index contributed by atoms with van der Waals surface area (Å²) in [5, 5.41) is 3.83. The molecular weight excluding hydrogens is 332 g/mol. The lowest BCUT2D eigenvalue weighted by Gasteiger charge is -2.07. The number of benzene rings is 1. The third kappa shape index (κ3) is 4.59. The van der Waals surface area contributed by atoms with Gasteiger partial charge in [-0.25, -0.2) is 4.79 Å². The highest BCUT2D eigenvalue weighted by Gasteiger charge is 2.15. The Morgan fingerprint density at radius 2 is 1.88 bits per heavy atom. The minimum atomic E-state index is -0.393. The summed E-state index contributed by atoms with van der Waals surface area (Å²) in [5.74, 6) is -0.491. The number of rotatable bonds is 8. The monoisotopic (exact) mass is 356 g/mol. The molecular formula is C20H24N2O4. The van der Waals surface area contributed by atoms with Gasteiger partial charge >= 0.3 is 5.97 Å². The van der Waals surface area contributed by atoms with Crippen molar-refractivity contribution in [2.75, 3.05) is 13.7 Å². The van der Waals surface area contributed by atoms with Crippen molar-refractivity contribution >= 4 is 18.0 Å². The van der Waals surface area contributed by atoms with Gasteiger partial charge in [-0.15, -0.1) is 0 Å². The SMILES string of the molecule is CCCn1c(C)cc(C(=O)CO/N=C/c2ccc(C(=O)OC)cc2)c1C. The molecule has 0 saturated heterocycles. The van der Waals surface area contributed by atoms with Crippen molar-refractivity contribution in [3.63, 3.8) is 0 Å². The van der Waals surface area contributed by atoms with Crippen molar-refractivity contribution in [2.24, 2.45) is 5.16 Å². The van der Waals surface area contributed by atoms with Crippen molar-refractivity contribution in [1.29, 1.82) is 0 Å². The first kappa shape index (κ1) is 19.4. The van der Waals surface area contributed by atoms with Crippen LogP contribution in [0.3, 0.4) is 0 Å². The van der Waals surface area contributed by atoms with Crippen LogP contribution in [0.4, 0.5) is 0 Å². The summed E-state index contributed by atoms with van der Waals surface area (Å²) >= 11 is 0. The van der Waals surface area contributed by atoms with Gasteiger partial charge in [-0.2, -0.15) is 0 Å². The Morgan fingerprint density at radius 1 is 1.19 bits per heavy atom. The van der Waals surface area contributed by atoms with Crippen LogP contribution in [0.5, 0.6) is 0 Å². The van der Waals surface area contributed by atoms with Crippen LogP contribution >= 0.6 is 0 Å².